The van der Waals surface area contributed by atoms with Crippen LogP contribution in [0.15, 0.2) is 46.6 Å². The van der Waals surface area contributed by atoms with Crippen molar-refractivity contribution >= 4 is 40.8 Å². The maximum atomic E-state index is 14.1. The number of Topliss-reactive ketones (excluding diaryl/α,β-unsaturated/α-hetero) is 2. The second-order valence-corrected chi connectivity index (χ2v) is 10.5. The van der Waals surface area contributed by atoms with Crippen LogP contribution >= 0.6 is 23.4 Å². The van der Waals surface area contributed by atoms with E-state index in [1.54, 1.807) is 19.1 Å². The molecule has 1 aliphatic heterocycles. The van der Waals surface area contributed by atoms with Crippen molar-refractivity contribution in [2.24, 2.45) is 5.92 Å². The zero-order valence-electron chi connectivity index (χ0n) is 21.8. The number of nitrogens with zero attached hydrogens (tertiary/aromatic N) is 1. The first-order valence-electron chi connectivity index (χ1n) is 12.1. The van der Waals surface area contributed by atoms with Gasteiger partial charge in [-0.15, -0.1) is 11.8 Å². The fourth-order valence-corrected chi connectivity index (χ4v) is 5.83. The summed E-state index contributed by atoms with van der Waals surface area (Å²) in [6.45, 7) is 1.42. The topological polar surface area (TPSA) is 135 Å². The number of aliphatic hydroxyl groups is 1. The number of amides is 1. The average molecular weight is 571 g/mol. The minimum Gasteiger partial charge on any atom is -0.507 e. The van der Waals surface area contributed by atoms with E-state index < -0.39 is 40.7 Å². The number of methoxy groups -OCH3 is 2. The molecule has 2 N–H and O–H groups in total. The van der Waals surface area contributed by atoms with E-state index in [0.717, 1.165) is 4.90 Å². The number of nitriles is 1. The van der Waals surface area contributed by atoms with E-state index >= 15 is 0 Å². The molecule has 1 spiro atoms. The van der Waals surface area contributed by atoms with Gasteiger partial charge in [0.05, 0.1) is 20.3 Å². The number of ketones is 2. The van der Waals surface area contributed by atoms with Gasteiger partial charge in [0.1, 0.15) is 28.6 Å². The lowest BCUT2D eigenvalue weighted by Gasteiger charge is -2.38. The molecule has 39 heavy (non-hydrogen) atoms. The first-order chi connectivity index (χ1) is 18.6. The van der Waals surface area contributed by atoms with Gasteiger partial charge in [0, 0.05) is 41.2 Å². The number of halogens is 1. The van der Waals surface area contributed by atoms with Gasteiger partial charge in [-0.3, -0.25) is 14.4 Å². The van der Waals surface area contributed by atoms with Crippen LogP contribution in [-0.4, -0.2) is 55.2 Å². The first-order valence-corrected chi connectivity index (χ1v) is 13.7. The smallest absolute Gasteiger partial charge is 0.231 e. The third kappa shape index (κ3) is 4.70. The molecule has 4 rings (SSSR count). The van der Waals surface area contributed by atoms with E-state index in [2.05, 4.69) is 5.32 Å². The van der Waals surface area contributed by atoms with Crippen molar-refractivity contribution in [2.45, 2.75) is 36.2 Å². The average Bonchev–Trinajstić information content (AvgIpc) is 3.25. The number of nitrogens with one attached hydrogen (secondary N) is 1. The zero-order chi connectivity index (χ0) is 28.5. The van der Waals surface area contributed by atoms with Crippen LogP contribution in [0.1, 0.15) is 41.6 Å². The van der Waals surface area contributed by atoms with Crippen molar-refractivity contribution in [1.82, 2.24) is 5.32 Å². The first kappa shape index (κ1) is 28.3. The van der Waals surface area contributed by atoms with Crippen molar-refractivity contribution in [3.63, 3.8) is 0 Å². The molecule has 2 aliphatic rings. The van der Waals surface area contributed by atoms with Gasteiger partial charge in [-0.25, -0.2) is 0 Å². The van der Waals surface area contributed by atoms with Gasteiger partial charge >= 0.3 is 0 Å². The summed E-state index contributed by atoms with van der Waals surface area (Å²) in [5.41, 5.74) is -1.45. The summed E-state index contributed by atoms with van der Waals surface area (Å²) in [6, 6.07) is 10.5. The van der Waals surface area contributed by atoms with Crippen LogP contribution in [-0.2, 0) is 9.59 Å². The molecule has 11 heteroatoms. The van der Waals surface area contributed by atoms with Crippen LogP contribution in [0.4, 0.5) is 0 Å². The summed E-state index contributed by atoms with van der Waals surface area (Å²) < 4.78 is 16.9. The standard InChI is InChI=1S/C28H27ClN2O7S/c1-14-11-18(32)22(17(12-21(33)31-10-9-30)15-5-7-16(39-4)8-6-15)26(34)28(14)27(35)23-19(36-2)13-20(37-3)24(29)25(23)38-28/h5-8,13-14,17,34H,10-12H2,1-4H3,(H,31,33)/t14-,17?,28+/m1/s1. The minimum absolute atomic E-state index is 0.0161. The number of carbonyl (C=O) groups excluding carboxylic acids is 3. The molecule has 0 bridgehead atoms. The largest absolute Gasteiger partial charge is 0.507 e. The molecule has 1 unspecified atom stereocenters. The molecule has 9 nitrogen and oxygen atoms in total. The van der Waals surface area contributed by atoms with Crippen LogP contribution in [0.25, 0.3) is 0 Å². The molecular weight excluding hydrogens is 544 g/mol. The zero-order valence-corrected chi connectivity index (χ0v) is 23.4. The molecule has 0 fully saturated rings. The Kier molecular flexibility index (Phi) is 8.14. The molecule has 1 heterocycles. The third-order valence-corrected chi connectivity index (χ3v) is 8.23. The van der Waals surface area contributed by atoms with Gasteiger partial charge in [0.15, 0.2) is 17.3 Å². The fraction of sp³-hybridized carbons (Fsp3) is 0.357. The number of fused-ring (bicyclic) bond motifs is 1. The summed E-state index contributed by atoms with van der Waals surface area (Å²) in [4.78, 5) is 41.3. The Bertz CT molecular complexity index is 1420. The SMILES string of the molecule is COc1cc(OC)c2c(c1Cl)O[C@]1(C2=O)C(O)=C(C(CC(=O)NCC#N)c2ccc(SC)cc2)C(=O)C[C@H]1C. The van der Waals surface area contributed by atoms with Crippen LogP contribution in [0.2, 0.25) is 5.02 Å². The molecular formula is C28H27ClN2O7S. The van der Waals surface area contributed by atoms with E-state index in [0.29, 0.717) is 5.56 Å². The second-order valence-electron chi connectivity index (χ2n) is 9.22. The number of benzene rings is 2. The van der Waals surface area contributed by atoms with E-state index in [-0.39, 0.29) is 52.8 Å². The predicted molar refractivity (Wildman–Crippen MR) is 145 cm³/mol. The number of hydrogen-bond donors (Lipinski definition) is 2. The summed E-state index contributed by atoms with van der Waals surface area (Å²) in [6.07, 6.45) is 1.55. The second kappa shape index (κ2) is 11.2. The van der Waals surface area contributed by atoms with Gasteiger partial charge in [0.2, 0.25) is 17.3 Å². The number of ether oxygens (including phenoxy) is 3. The molecule has 1 aliphatic carbocycles. The van der Waals surface area contributed by atoms with Crippen molar-refractivity contribution in [3.05, 3.63) is 57.8 Å². The van der Waals surface area contributed by atoms with Crippen LogP contribution < -0.4 is 19.5 Å². The van der Waals surface area contributed by atoms with Gasteiger partial charge in [0.25, 0.3) is 0 Å². The van der Waals surface area contributed by atoms with Crippen molar-refractivity contribution < 1.29 is 33.7 Å². The number of allylic oxidation sites excluding steroid dienone is 1. The van der Waals surface area contributed by atoms with E-state index in [9.17, 15) is 19.5 Å². The van der Waals surface area contributed by atoms with Crippen molar-refractivity contribution in [3.8, 4) is 23.3 Å². The third-order valence-electron chi connectivity index (χ3n) is 7.13. The Labute approximate surface area is 235 Å². The molecule has 3 atom stereocenters. The van der Waals surface area contributed by atoms with E-state index in [1.807, 2.05) is 24.5 Å². The number of carbonyl (C=O) groups is 3. The van der Waals surface area contributed by atoms with Crippen molar-refractivity contribution in [1.29, 1.82) is 5.26 Å². The lowest BCUT2D eigenvalue weighted by molar-refractivity contribution is -0.121. The van der Waals surface area contributed by atoms with Gasteiger partial charge in [-0.2, -0.15) is 5.26 Å². The van der Waals surface area contributed by atoms with E-state index in [1.165, 1.54) is 32.0 Å². The number of thioether (sulfide) groups is 1. The fourth-order valence-electron chi connectivity index (χ4n) is 5.16. The highest BCUT2D eigenvalue weighted by Crippen LogP contribution is 2.55. The highest BCUT2D eigenvalue weighted by molar-refractivity contribution is 7.98. The maximum Gasteiger partial charge on any atom is 0.231 e. The van der Waals surface area contributed by atoms with Crippen LogP contribution in [0.3, 0.4) is 0 Å². The summed E-state index contributed by atoms with van der Waals surface area (Å²) in [5, 5.41) is 23.2. The van der Waals surface area contributed by atoms with Crippen LogP contribution in [0, 0.1) is 17.2 Å². The van der Waals surface area contributed by atoms with E-state index in [4.69, 9.17) is 31.1 Å². The monoisotopic (exact) mass is 570 g/mol. The predicted octanol–water partition coefficient (Wildman–Crippen LogP) is 4.63. The maximum absolute atomic E-state index is 14.1. The minimum atomic E-state index is -1.96. The normalized spacial score (nSPS) is 20.8. The summed E-state index contributed by atoms with van der Waals surface area (Å²) in [5.74, 6) is -3.44. The molecule has 2 aromatic rings. The molecule has 204 valence electrons. The molecule has 0 saturated carbocycles. The molecule has 0 radical (unpaired) electrons. The Morgan fingerprint density at radius 2 is 1.95 bits per heavy atom. The molecule has 1 amide bonds. The van der Waals surface area contributed by atoms with Gasteiger partial charge in [-0.05, 0) is 24.0 Å². The van der Waals surface area contributed by atoms with Gasteiger partial charge < -0.3 is 24.6 Å². The number of aliphatic hydroxyl groups excluding tert-OH is 1. The Morgan fingerprint density at radius 3 is 2.54 bits per heavy atom. The number of rotatable bonds is 8. The molecule has 2 aromatic carbocycles. The molecule has 0 aromatic heterocycles. The highest BCUT2D eigenvalue weighted by atomic mass is 35.5. The number of hydrogen-bond acceptors (Lipinski definition) is 9. The van der Waals surface area contributed by atoms with Gasteiger partial charge in [-0.1, -0.05) is 30.7 Å². The lowest BCUT2D eigenvalue weighted by Crippen LogP contribution is -2.53. The molecule has 0 saturated heterocycles. The highest BCUT2D eigenvalue weighted by Gasteiger charge is 2.61. The Hall–Kier alpha value is -3.68. The summed E-state index contributed by atoms with van der Waals surface area (Å²) in [7, 11) is 2.78. The lowest BCUT2D eigenvalue weighted by atomic mass is 9.69. The Balaban J connectivity index is 1.91. The summed E-state index contributed by atoms with van der Waals surface area (Å²) >= 11 is 8.04. The van der Waals surface area contributed by atoms with Crippen molar-refractivity contribution in [2.75, 3.05) is 27.0 Å². The van der Waals surface area contributed by atoms with Crippen LogP contribution in [0.5, 0.6) is 17.2 Å². The quantitative estimate of drug-likeness (QED) is 0.344. The Morgan fingerprint density at radius 1 is 1.28 bits per heavy atom.